The Kier molecular flexibility index (Phi) is 19.1. The van der Waals surface area contributed by atoms with Gasteiger partial charge < -0.3 is 50.3 Å². The molecule has 2 saturated heterocycles. The maximum absolute atomic E-state index is 14.9. The molecular weight excluding hydrogens is 1010 g/mol. The van der Waals surface area contributed by atoms with Crippen LogP contribution in [0.15, 0.2) is 60.9 Å². The van der Waals surface area contributed by atoms with E-state index < -0.39 is 127 Å². The fourth-order valence-electron chi connectivity index (χ4n) is 8.02. The summed E-state index contributed by atoms with van der Waals surface area (Å²) in [4.78, 5) is 163. The summed E-state index contributed by atoms with van der Waals surface area (Å²) in [5.74, 6) is -9.86. The number of amides is 8. The second kappa shape index (κ2) is 25.2. The molecule has 2 aromatic carbocycles. The van der Waals surface area contributed by atoms with Crippen molar-refractivity contribution in [2.75, 3.05) is 59.5 Å². The molecule has 75 heavy (non-hydrogen) atoms. The van der Waals surface area contributed by atoms with Gasteiger partial charge in [-0.05, 0) is 49.9 Å². The maximum atomic E-state index is 14.9. The highest BCUT2D eigenvalue weighted by Gasteiger charge is 2.42. The third kappa shape index (κ3) is 13.8. The van der Waals surface area contributed by atoms with Crippen molar-refractivity contribution in [3.63, 3.8) is 0 Å². The normalized spacial score (nSPS) is 24.3. The molecule has 0 saturated carbocycles. The predicted octanol–water partition coefficient (Wildman–Crippen LogP) is 0.206. The molecule has 2 aliphatic heterocycles. The van der Waals surface area contributed by atoms with Gasteiger partial charge in [-0.1, -0.05) is 66.6 Å². The molecule has 0 unspecified atom stereocenters. The predicted molar refractivity (Wildman–Crippen MR) is 275 cm³/mol. The third-order valence-electron chi connectivity index (χ3n) is 12.9. The zero-order valence-electron chi connectivity index (χ0n) is 42.8. The maximum Gasteiger partial charge on any atom is 0.329 e. The highest BCUT2D eigenvalue weighted by atomic mass is 33.1. The molecule has 4 N–H and O–H groups in total. The van der Waals surface area contributed by atoms with E-state index in [1.54, 1.807) is 55.5 Å². The molecule has 2 bridgehead atoms. The van der Waals surface area contributed by atoms with Crippen molar-refractivity contribution in [2.24, 2.45) is 11.8 Å². The van der Waals surface area contributed by atoms with Crippen LogP contribution in [0.4, 0.5) is 0 Å². The first-order valence-electron chi connectivity index (χ1n) is 23.9. The Morgan fingerprint density at radius 3 is 1.49 bits per heavy atom. The number of carbonyl (C=O) groups excluding carboxylic acids is 10. The Morgan fingerprint density at radius 2 is 1.04 bits per heavy atom. The van der Waals surface area contributed by atoms with Gasteiger partial charge in [0.15, 0.2) is 0 Å². The molecule has 8 atom stereocenters. The molecule has 400 valence electrons. The lowest BCUT2D eigenvalue weighted by Gasteiger charge is -2.38. The van der Waals surface area contributed by atoms with E-state index in [-0.39, 0.29) is 28.8 Å². The number of likely N-dealkylation sites (N-methyl/N-ethyl adjacent to an activating group) is 4. The van der Waals surface area contributed by atoms with E-state index in [0.29, 0.717) is 22.1 Å². The fraction of sp³-hybridized carbons (Fsp3) is 0.469. The van der Waals surface area contributed by atoms with E-state index in [0.717, 1.165) is 41.2 Å². The van der Waals surface area contributed by atoms with Crippen LogP contribution < -0.4 is 21.3 Å². The van der Waals surface area contributed by atoms with Crippen LogP contribution in [-0.2, 0) is 47.8 Å². The van der Waals surface area contributed by atoms with Crippen molar-refractivity contribution in [2.45, 2.75) is 76.9 Å². The number of nitrogens with zero attached hydrogens (tertiary/aromatic N) is 8. The lowest BCUT2D eigenvalue weighted by atomic mass is 9.89. The molecule has 2 aromatic heterocycles. The van der Waals surface area contributed by atoms with Gasteiger partial charge in [-0.15, -0.1) is 0 Å². The number of esters is 2. The number of benzene rings is 2. The average molecular weight is 1070 g/mol. The highest BCUT2D eigenvalue weighted by Crippen LogP contribution is 2.29. The summed E-state index contributed by atoms with van der Waals surface area (Å²) in [6.45, 7) is 5.79. The van der Waals surface area contributed by atoms with Gasteiger partial charge in [0.05, 0.1) is 34.5 Å². The van der Waals surface area contributed by atoms with Gasteiger partial charge in [-0.2, -0.15) is 0 Å². The number of hydrogen-bond acceptors (Lipinski definition) is 18. The summed E-state index contributed by atoms with van der Waals surface area (Å²) in [5, 5.41) is 10.1. The van der Waals surface area contributed by atoms with Crippen molar-refractivity contribution in [1.82, 2.24) is 60.8 Å². The smallest absolute Gasteiger partial charge is 0.329 e. The van der Waals surface area contributed by atoms with Crippen molar-refractivity contribution in [3.8, 4) is 0 Å². The number of para-hydroxylation sites is 4. The lowest BCUT2D eigenvalue weighted by molar-refractivity contribution is -0.160. The number of carbonyl (C=O) groups is 10. The fourth-order valence-corrected chi connectivity index (χ4v) is 10.5. The van der Waals surface area contributed by atoms with Crippen molar-refractivity contribution in [3.05, 3.63) is 72.3 Å². The monoisotopic (exact) mass is 1070 g/mol. The van der Waals surface area contributed by atoms with Crippen molar-refractivity contribution < 1.29 is 57.4 Å². The molecule has 4 heterocycles. The molecule has 8 amide bonds. The summed E-state index contributed by atoms with van der Waals surface area (Å²) >= 11 is 0. The van der Waals surface area contributed by atoms with Gasteiger partial charge in [0, 0.05) is 39.7 Å². The Morgan fingerprint density at radius 1 is 0.613 bits per heavy atom. The first kappa shape index (κ1) is 56.8. The standard InChI is InChI=1S/C49H60N12O12S2/c1-25(2)26(3)40-49(71)73-22-36(57-42(64)34-19-51-30-15-11-13-17-32(30)55-34)44(66)53-27(4)45(67)59(7)37-23-74-75-24-38(48(70)61(40)9)60(8)46(68)28(5)52-43(65)35(21-72-39(62)20-58(6)47(37)69)56-41(63)33-18-50-29-14-10-12-16-31(29)54-33/h10-19,25-28,35-38,40H,20-24H2,1-9H3,(H,52,65)(H,53,66)(H,56,63)(H,57,64)/t26-,27-,28+,35+,36+,37-,38-,40+/m0/s1. The van der Waals surface area contributed by atoms with Crippen molar-refractivity contribution >= 4 is 103 Å². The summed E-state index contributed by atoms with van der Waals surface area (Å²) in [6, 6.07) is 3.48. The second-order valence-corrected chi connectivity index (χ2v) is 21.1. The van der Waals surface area contributed by atoms with Crippen molar-refractivity contribution in [1.29, 1.82) is 0 Å². The molecule has 2 aliphatic rings. The van der Waals surface area contributed by atoms with Crippen LogP contribution in [-0.4, -0.2) is 200 Å². The van der Waals surface area contributed by atoms with E-state index in [1.165, 1.54) is 54.4 Å². The number of fused-ring (bicyclic) bond motifs is 7. The van der Waals surface area contributed by atoms with Gasteiger partial charge >= 0.3 is 11.9 Å². The minimum absolute atomic E-state index is 0.150. The Labute approximate surface area is 439 Å². The molecule has 0 radical (unpaired) electrons. The largest absolute Gasteiger partial charge is 0.462 e. The van der Waals surface area contributed by atoms with E-state index in [2.05, 4.69) is 41.2 Å². The highest BCUT2D eigenvalue weighted by molar-refractivity contribution is 8.76. The van der Waals surface area contributed by atoms with Gasteiger partial charge in [0.2, 0.25) is 35.4 Å². The van der Waals surface area contributed by atoms with E-state index >= 15 is 0 Å². The van der Waals surface area contributed by atoms with Crippen LogP contribution in [0.3, 0.4) is 0 Å². The van der Waals surface area contributed by atoms with Crippen LogP contribution in [0.1, 0.15) is 55.6 Å². The summed E-state index contributed by atoms with van der Waals surface area (Å²) in [6.07, 6.45) is 2.40. The molecule has 4 aromatic rings. The first-order valence-corrected chi connectivity index (χ1v) is 26.3. The van der Waals surface area contributed by atoms with Crippen LogP contribution >= 0.6 is 21.6 Å². The summed E-state index contributed by atoms with van der Waals surface area (Å²) in [7, 11) is 7.43. The van der Waals surface area contributed by atoms with E-state index in [4.69, 9.17) is 9.47 Å². The van der Waals surface area contributed by atoms with Crippen LogP contribution in [0.5, 0.6) is 0 Å². The van der Waals surface area contributed by atoms with Crippen LogP contribution in [0.25, 0.3) is 22.1 Å². The van der Waals surface area contributed by atoms with Gasteiger partial charge in [0.25, 0.3) is 11.8 Å². The molecule has 0 aliphatic carbocycles. The van der Waals surface area contributed by atoms with Crippen LogP contribution in [0, 0.1) is 11.8 Å². The molecular formula is C49H60N12O12S2. The summed E-state index contributed by atoms with van der Waals surface area (Å²) in [5.41, 5.74) is 1.39. The van der Waals surface area contributed by atoms with E-state index in [1.807, 2.05) is 13.8 Å². The van der Waals surface area contributed by atoms with E-state index in [9.17, 15) is 47.9 Å². The van der Waals surface area contributed by atoms with Crippen LogP contribution in [0.2, 0.25) is 0 Å². The lowest BCUT2D eigenvalue weighted by Crippen LogP contribution is -2.60. The number of ether oxygens (including phenoxy) is 2. The number of hydrogen-bond donors (Lipinski definition) is 4. The number of rotatable bonds is 6. The minimum Gasteiger partial charge on any atom is -0.462 e. The molecule has 6 rings (SSSR count). The number of cyclic esters (lactones) is 2. The quantitative estimate of drug-likeness (QED) is 0.148. The SMILES string of the molecule is CC(C)[C@H](C)[C@@H]1C(=O)OC[C@@H](NC(=O)c2cnc3ccccc3n2)C(=O)N[C@@H](C)C(=O)N(C)[C@H]2CSSC[C@@H](C(=O)N1C)N(C)C(=O)[C@@H](C)NC(=O)[C@H](NC(=O)c1cnc3ccccc3n1)COC(=O)CN(C)C2=O. The molecule has 26 heteroatoms. The Bertz CT molecular complexity index is 2860. The molecule has 2 fully saturated rings. The molecule has 0 spiro atoms. The van der Waals surface area contributed by atoms with Gasteiger partial charge in [-0.25, -0.2) is 14.8 Å². The Balaban J connectivity index is 1.37. The zero-order chi connectivity index (χ0) is 54.8. The summed E-state index contributed by atoms with van der Waals surface area (Å²) < 4.78 is 11.3. The minimum atomic E-state index is -1.65. The number of nitrogens with one attached hydrogen (secondary N) is 4. The topological polar surface area (TPSA) is 302 Å². The van der Waals surface area contributed by atoms with Gasteiger partial charge in [0.1, 0.15) is 73.4 Å². The third-order valence-corrected chi connectivity index (χ3v) is 15.3. The molecule has 24 nitrogen and oxygen atoms in total. The Hall–Kier alpha value is -7.48. The zero-order valence-corrected chi connectivity index (χ0v) is 44.4. The van der Waals surface area contributed by atoms with Gasteiger partial charge in [-0.3, -0.25) is 53.1 Å². The average Bonchev–Trinajstić information content (AvgIpc) is 3.39. The number of aromatic nitrogens is 4. The first-order chi connectivity index (χ1) is 35.6. The second-order valence-electron chi connectivity index (χ2n) is 18.5.